The summed E-state index contributed by atoms with van der Waals surface area (Å²) < 4.78 is 6.19. The number of esters is 1. The monoisotopic (exact) mass is 387 g/mol. The minimum Gasteiger partial charge on any atom is -0.459 e. The van der Waals surface area contributed by atoms with Crippen LogP contribution in [0.3, 0.4) is 0 Å². The SMILES string of the molecule is Cc1ccc(C)c(COC(=O)CNC(=O)c2sc3ccccc3c2Cl)c1. The van der Waals surface area contributed by atoms with Crippen molar-refractivity contribution in [2.24, 2.45) is 0 Å². The molecule has 0 bridgehead atoms. The molecule has 0 atom stereocenters. The lowest BCUT2D eigenvalue weighted by Gasteiger charge is -2.09. The first-order valence-electron chi connectivity index (χ1n) is 8.12. The molecule has 0 saturated heterocycles. The van der Waals surface area contributed by atoms with Crippen LogP contribution in [0.25, 0.3) is 10.1 Å². The van der Waals surface area contributed by atoms with E-state index in [0.717, 1.165) is 26.8 Å². The van der Waals surface area contributed by atoms with Gasteiger partial charge in [-0.1, -0.05) is 53.6 Å². The van der Waals surface area contributed by atoms with Crippen molar-refractivity contribution in [1.82, 2.24) is 5.32 Å². The largest absolute Gasteiger partial charge is 0.459 e. The lowest BCUT2D eigenvalue weighted by atomic mass is 10.1. The molecule has 3 rings (SSSR count). The van der Waals surface area contributed by atoms with Crippen molar-refractivity contribution in [3.05, 3.63) is 69.1 Å². The van der Waals surface area contributed by atoms with Crippen LogP contribution in [-0.2, 0) is 16.1 Å². The number of hydrogen-bond donors (Lipinski definition) is 1. The Morgan fingerprint density at radius 2 is 1.92 bits per heavy atom. The Hall–Kier alpha value is -2.37. The molecule has 0 unspecified atom stereocenters. The van der Waals surface area contributed by atoms with E-state index in [9.17, 15) is 9.59 Å². The van der Waals surface area contributed by atoms with Gasteiger partial charge in [0, 0.05) is 10.1 Å². The third-order valence-corrected chi connectivity index (χ3v) is 5.70. The molecule has 0 aliphatic rings. The van der Waals surface area contributed by atoms with Gasteiger partial charge in [0.05, 0.1) is 5.02 Å². The van der Waals surface area contributed by atoms with Crippen LogP contribution < -0.4 is 5.32 Å². The van der Waals surface area contributed by atoms with Gasteiger partial charge in [-0.25, -0.2) is 0 Å². The van der Waals surface area contributed by atoms with E-state index in [4.69, 9.17) is 16.3 Å². The predicted molar refractivity (Wildman–Crippen MR) is 105 cm³/mol. The van der Waals surface area contributed by atoms with Crippen molar-refractivity contribution in [1.29, 1.82) is 0 Å². The van der Waals surface area contributed by atoms with Crippen LogP contribution >= 0.6 is 22.9 Å². The van der Waals surface area contributed by atoms with Gasteiger partial charge in [-0.05, 0) is 31.0 Å². The Bertz CT molecular complexity index is 980. The smallest absolute Gasteiger partial charge is 0.325 e. The van der Waals surface area contributed by atoms with E-state index < -0.39 is 5.97 Å². The number of amides is 1. The van der Waals surface area contributed by atoms with Gasteiger partial charge in [-0.2, -0.15) is 0 Å². The van der Waals surface area contributed by atoms with E-state index >= 15 is 0 Å². The van der Waals surface area contributed by atoms with Gasteiger partial charge >= 0.3 is 5.97 Å². The quantitative estimate of drug-likeness (QED) is 0.648. The molecule has 0 spiro atoms. The zero-order valence-electron chi connectivity index (χ0n) is 14.5. The summed E-state index contributed by atoms with van der Waals surface area (Å²) >= 11 is 7.58. The van der Waals surface area contributed by atoms with Crippen LogP contribution in [0.5, 0.6) is 0 Å². The Balaban J connectivity index is 1.57. The summed E-state index contributed by atoms with van der Waals surface area (Å²) in [4.78, 5) is 24.7. The molecule has 4 nitrogen and oxygen atoms in total. The fourth-order valence-electron chi connectivity index (χ4n) is 2.56. The molecule has 3 aromatic rings. The van der Waals surface area contributed by atoms with Crippen molar-refractivity contribution in [2.75, 3.05) is 6.54 Å². The average Bonchev–Trinajstić information content (AvgIpc) is 2.97. The maximum absolute atomic E-state index is 12.3. The molecule has 0 saturated carbocycles. The molecule has 6 heteroatoms. The van der Waals surface area contributed by atoms with Crippen molar-refractivity contribution >= 4 is 44.9 Å². The first-order chi connectivity index (χ1) is 12.5. The molecular weight excluding hydrogens is 370 g/mol. The van der Waals surface area contributed by atoms with Crippen LogP contribution in [0, 0.1) is 13.8 Å². The molecule has 0 aliphatic heterocycles. The number of carbonyl (C=O) groups excluding carboxylic acids is 2. The van der Waals surface area contributed by atoms with E-state index in [1.54, 1.807) is 0 Å². The number of nitrogens with one attached hydrogen (secondary N) is 1. The van der Waals surface area contributed by atoms with Gasteiger partial charge in [0.15, 0.2) is 0 Å². The van der Waals surface area contributed by atoms with Crippen LogP contribution in [0.15, 0.2) is 42.5 Å². The van der Waals surface area contributed by atoms with Crippen LogP contribution in [-0.4, -0.2) is 18.4 Å². The van der Waals surface area contributed by atoms with Crippen molar-refractivity contribution in [3.8, 4) is 0 Å². The first-order valence-corrected chi connectivity index (χ1v) is 9.32. The summed E-state index contributed by atoms with van der Waals surface area (Å²) in [5.41, 5.74) is 3.12. The second-order valence-corrected chi connectivity index (χ2v) is 7.44. The molecule has 0 aliphatic carbocycles. The highest BCUT2D eigenvalue weighted by atomic mass is 35.5. The summed E-state index contributed by atoms with van der Waals surface area (Å²) in [6.07, 6.45) is 0. The highest BCUT2D eigenvalue weighted by Gasteiger charge is 2.17. The minimum atomic E-state index is -0.489. The zero-order valence-corrected chi connectivity index (χ0v) is 16.0. The number of rotatable bonds is 5. The van der Waals surface area contributed by atoms with Crippen molar-refractivity contribution < 1.29 is 14.3 Å². The van der Waals surface area contributed by atoms with E-state index in [1.807, 2.05) is 56.3 Å². The number of hydrogen-bond acceptors (Lipinski definition) is 4. The second-order valence-electron chi connectivity index (χ2n) is 6.01. The highest BCUT2D eigenvalue weighted by molar-refractivity contribution is 7.21. The number of carbonyl (C=O) groups is 2. The van der Waals surface area contributed by atoms with E-state index in [1.165, 1.54) is 11.3 Å². The second kappa shape index (κ2) is 7.89. The summed E-state index contributed by atoms with van der Waals surface area (Å²) in [6.45, 7) is 3.94. The lowest BCUT2D eigenvalue weighted by molar-refractivity contribution is -0.143. The third kappa shape index (κ3) is 4.06. The Morgan fingerprint density at radius 1 is 1.15 bits per heavy atom. The predicted octanol–water partition coefficient (Wildman–Crippen LogP) is 4.64. The molecule has 2 aromatic carbocycles. The van der Waals surface area contributed by atoms with Crippen molar-refractivity contribution in [2.45, 2.75) is 20.5 Å². The van der Waals surface area contributed by atoms with Crippen molar-refractivity contribution in [3.63, 3.8) is 0 Å². The lowest BCUT2D eigenvalue weighted by Crippen LogP contribution is -2.30. The number of fused-ring (bicyclic) bond motifs is 1. The van der Waals surface area contributed by atoms with Gasteiger partial charge in [-0.15, -0.1) is 11.3 Å². The number of aryl methyl sites for hydroxylation is 2. The van der Waals surface area contributed by atoms with Crippen LogP contribution in [0.2, 0.25) is 5.02 Å². The van der Waals surface area contributed by atoms with Gasteiger partial charge in [0.2, 0.25) is 0 Å². The number of thiophene rings is 1. The van der Waals surface area contributed by atoms with Crippen LogP contribution in [0.1, 0.15) is 26.4 Å². The Morgan fingerprint density at radius 3 is 2.69 bits per heavy atom. The van der Waals surface area contributed by atoms with E-state index in [0.29, 0.717) is 9.90 Å². The maximum atomic E-state index is 12.3. The molecule has 0 radical (unpaired) electrons. The van der Waals surface area contributed by atoms with Crippen LogP contribution in [0.4, 0.5) is 0 Å². The summed E-state index contributed by atoms with van der Waals surface area (Å²) in [5.74, 6) is -0.864. The standard InChI is InChI=1S/C20H18ClNO3S/c1-12-7-8-13(2)14(9-12)11-25-17(23)10-22-20(24)19-18(21)15-5-3-4-6-16(15)26-19/h3-9H,10-11H2,1-2H3,(H,22,24). The topological polar surface area (TPSA) is 55.4 Å². The molecule has 1 amide bonds. The minimum absolute atomic E-state index is 0.186. The van der Waals surface area contributed by atoms with Gasteiger partial charge < -0.3 is 10.1 Å². The molecule has 1 N–H and O–H groups in total. The zero-order chi connectivity index (χ0) is 18.7. The molecule has 1 heterocycles. The molecular formula is C20H18ClNO3S. The highest BCUT2D eigenvalue weighted by Crippen LogP contribution is 2.34. The number of benzene rings is 2. The fourth-order valence-corrected chi connectivity index (χ4v) is 3.99. The number of ether oxygens (including phenoxy) is 1. The Kier molecular flexibility index (Phi) is 5.59. The van der Waals surface area contributed by atoms with E-state index in [-0.39, 0.29) is 19.1 Å². The van der Waals surface area contributed by atoms with E-state index in [2.05, 4.69) is 5.32 Å². The maximum Gasteiger partial charge on any atom is 0.325 e. The summed E-state index contributed by atoms with van der Waals surface area (Å²) in [5, 5.41) is 3.82. The van der Waals surface area contributed by atoms with Gasteiger partial charge in [-0.3, -0.25) is 9.59 Å². The normalized spacial score (nSPS) is 10.7. The summed E-state index contributed by atoms with van der Waals surface area (Å²) in [6, 6.07) is 13.5. The Labute approximate surface area is 160 Å². The molecule has 0 fully saturated rings. The third-order valence-electron chi connectivity index (χ3n) is 4.03. The molecule has 134 valence electrons. The van der Waals surface area contributed by atoms with Gasteiger partial charge in [0.25, 0.3) is 5.91 Å². The summed E-state index contributed by atoms with van der Waals surface area (Å²) in [7, 11) is 0. The van der Waals surface area contributed by atoms with Gasteiger partial charge in [0.1, 0.15) is 18.0 Å². The average molecular weight is 388 g/mol. The molecule has 26 heavy (non-hydrogen) atoms. The fraction of sp³-hybridized carbons (Fsp3) is 0.200. The number of halogens is 1. The molecule has 1 aromatic heterocycles. The first kappa shape index (κ1) is 18.4.